The average molecular weight is 318 g/mol. The SMILES string of the molecule is CCOC(=O)C1C2Oc3ccccc3C21COC1CCCCO1. The van der Waals surface area contributed by atoms with Crippen LogP contribution in [0.15, 0.2) is 24.3 Å². The fraction of sp³-hybridized carbons (Fsp3) is 0.611. The summed E-state index contributed by atoms with van der Waals surface area (Å²) in [5.41, 5.74) is 0.641. The zero-order valence-corrected chi connectivity index (χ0v) is 13.3. The van der Waals surface area contributed by atoms with Gasteiger partial charge < -0.3 is 18.9 Å². The summed E-state index contributed by atoms with van der Waals surface area (Å²) in [5, 5.41) is 0. The number of carbonyl (C=O) groups excluding carboxylic acids is 1. The zero-order valence-electron chi connectivity index (χ0n) is 13.3. The molecule has 0 amide bonds. The molecule has 1 aliphatic carbocycles. The van der Waals surface area contributed by atoms with Gasteiger partial charge in [-0.25, -0.2) is 0 Å². The molecule has 4 atom stereocenters. The summed E-state index contributed by atoms with van der Waals surface area (Å²) in [4.78, 5) is 12.3. The maximum Gasteiger partial charge on any atom is 0.313 e. The molecule has 4 unspecified atom stereocenters. The third-order valence-electron chi connectivity index (χ3n) is 5.09. The van der Waals surface area contributed by atoms with Crippen molar-refractivity contribution >= 4 is 5.97 Å². The van der Waals surface area contributed by atoms with Gasteiger partial charge in [-0.3, -0.25) is 4.79 Å². The Morgan fingerprint density at radius 2 is 2.22 bits per heavy atom. The van der Waals surface area contributed by atoms with Crippen LogP contribution in [0.3, 0.4) is 0 Å². The van der Waals surface area contributed by atoms with E-state index < -0.39 is 5.41 Å². The number of hydrogen-bond donors (Lipinski definition) is 0. The Morgan fingerprint density at radius 1 is 1.35 bits per heavy atom. The Morgan fingerprint density at radius 3 is 3.00 bits per heavy atom. The van der Waals surface area contributed by atoms with Crippen LogP contribution in [0, 0.1) is 5.92 Å². The van der Waals surface area contributed by atoms with E-state index in [9.17, 15) is 4.79 Å². The Labute approximate surface area is 135 Å². The smallest absolute Gasteiger partial charge is 0.313 e. The summed E-state index contributed by atoms with van der Waals surface area (Å²) < 4.78 is 22.9. The van der Waals surface area contributed by atoms with Gasteiger partial charge in [0.15, 0.2) is 6.29 Å². The topological polar surface area (TPSA) is 54.0 Å². The summed E-state index contributed by atoms with van der Waals surface area (Å²) >= 11 is 0. The van der Waals surface area contributed by atoms with E-state index in [0.29, 0.717) is 13.2 Å². The van der Waals surface area contributed by atoms with Crippen molar-refractivity contribution < 1.29 is 23.7 Å². The zero-order chi connectivity index (χ0) is 15.9. The molecule has 1 saturated heterocycles. The van der Waals surface area contributed by atoms with E-state index in [1.807, 2.05) is 31.2 Å². The first-order valence-electron chi connectivity index (χ1n) is 8.43. The highest BCUT2D eigenvalue weighted by Gasteiger charge is 2.76. The first-order valence-corrected chi connectivity index (χ1v) is 8.43. The lowest BCUT2D eigenvalue weighted by Crippen LogP contribution is -2.29. The molecule has 2 heterocycles. The average Bonchev–Trinajstić information content (AvgIpc) is 3.11. The van der Waals surface area contributed by atoms with Crippen molar-refractivity contribution in [3.63, 3.8) is 0 Å². The van der Waals surface area contributed by atoms with Crippen LogP contribution in [0.1, 0.15) is 31.7 Å². The largest absolute Gasteiger partial charge is 0.488 e. The second kappa shape index (κ2) is 5.80. The van der Waals surface area contributed by atoms with Gasteiger partial charge in [-0.05, 0) is 32.3 Å². The highest BCUT2D eigenvalue weighted by atomic mass is 16.7. The van der Waals surface area contributed by atoms with Gasteiger partial charge in [0, 0.05) is 12.2 Å². The Balaban J connectivity index is 1.55. The molecule has 4 rings (SSSR count). The lowest BCUT2D eigenvalue weighted by Gasteiger charge is -2.25. The van der Waals surface area contributed by atoms with Crippen LogP contribution in [-0.2, 0) is 24.4 Å². The molecule has 0 radical (unpaired) electrons. The Bertz CT molecular complexity index is 595. The summed E-state index contributed by atoms with van der Waals surface area (Å²) in [5.74, 6) is 0.382. The molecule has 0 N–H and O–H groups in total. The number of ether oxygens (including phenoxy) is 4. The minimum absolute atomic E-state index is 0.171. The Hall–Kier alpha value is -1.59. The van der Waals surface area contributed by atoms with Gasteiger partial charge >= 0.3 is 5.97 Å². The third-order valence-corrected chi connectivity index (χ3v) is 5.09. The summed E-state index contributed by atoms with van der Waals surface area (Å²) in [6.07, 6.45) is 2.77. The molecule has 3 aliphatic rings. The van der Waals surface area contributed by atoms with E-state index in [0.717, 1.165) is 37.2 Å². The normalized spacial score (nSPS) is 34.2. The quantitative estimate of drug-likeness (QED) is 0.781. The van der Waals surface area contributed by atoms with Crippen LogP contribution in [0.5, 0.6) is 5.75 Å². The van der Waals surface area contributed by atoms with E-state index in [1.165, 1.54) is 0 Å². The highest BCUT2D eigenvalue weighted by molar-refractivity contribution is 5.83. The minimum atomic E-state index is -0.413. The number of fused-ring (bicyclic) bond motifs is 3. The van der Waals surface area contributed by atoms with Crippen LogP contribution in [0.2, 0.25) is 0 Å². The number of hydrogen-bond acceptors (Lipinski definition) is 5. The van der Waals surface area contributed by atoms with E-state index >= 15 is 0 Å². The molecule has 0 spiro atoms. The third kappa shape index (κ3) is 2.34. The molecule has 2 fully saturated rings. The van der Waals surface area contributed by atoms with Crippen molar-refractivity contribution in [2.45, 2.75) is 44.0 Å². The monoisotopic (exact) mass is 318 g/mol. The molecule has 124 valence electrons. The fourth-order valence-corrected chi connectivity index (χ4v) is 3.88. The van der Waals surface area contributed by atoms with Crippen molar-refractivity contribution in [2.75, 3.05) is 19.8 Å². The predicted octanol–water partition coefficient (Wildman–Crippen LogP) is 2.42. The standard InChI is InChI=1S/C18H22O5/c1-2-20-17(19)15-16-18(15,11-22-14-9-5-6-10-21-14)12-7-3-4-8-13(12)23-16/h3-4,7-8,14-16H,2,5-6,9-11H2,1H3. The maximum absolute atomic E-state index is 12.3. The van der Waals surface area contributed by atoms with Crippen LogP contribution >= 0.6 is 0 Å². The number of para-hydroxylation sites is 1. The number of carbonyl (C=O) groups is 1. The van der Waals surface area contributed by atoms with E-state index in [2.05, 4.69) is 0 Å². The van der Waals surface area contributed by atoms with E-state index in [4.69, 9.17) is 18.9 Å². The molecular weight excluding hydrogens is 296 g/mol. The number of benzene rings is 1. The lowest BCUT2D eigenvalue weighted by molar-refractivity contribution is -0.169. The van der Waals surface area contributed by atoms with Gasteiger partial charge in [0.05, 0.1) is 18.6 Å². The summed E-state index contributed by atoms with van der Waals surface area (Å²) in [7, 11) is 0. The van der Waals surface area contributed by atoms with Crippen molar-refractivity contribution in [2.24, 2.45) is 5.92 Å². The van der Waals surface area contributed by atoms with Crippen LogP contribution in [-0.4, -0.2) is 38.2 Å². The summed E-state index contributed by atoms with van der Waals surface area (Å²) in [6.45, 7) is 3.38. The van der Waals surface area contributed by atoms with Crippen molar-refractivity contribution in [3.8, 4) is 5.75 Å². The second-order valence-corrected chi connectivity index (χ2v) is 6.41. The van der Waals surface area contributed by atoms with Crippen molar-refractivity contribution in [3.05, 3.63) is 29.8 Å². The van der Waals surface area contributed by atoms with Crippen molar-refractivity contribution in [1.29, 1.82) is 0 Å². The molecule has 0 bridgehead atoms. The van der Waals surface area contributed by atoms with E-state index in [1.54, 1.807) is 0 Å². The Kier molecular flexibility index (Phi) is 3.77. The van der Waals surface area contributed by atoms with Crippen LogP contribution in [0.4, 0.5) is 0 Å². The number of esters is 1. The van der Waals surface area contributed by atoms with Gasteiger partial charge in [-0.15, -0.1) is 0 Å². The predicted molar refractivity (Wildman–Crippen MR) is 82.2 cm³/mol. The van der Waals surface area contributed by atoms with Crippen LogP contribution < -0.4 is 4.74 Å². The molecule has 5 heteroatoms. The molecule has 1 saturated carbocycles. The minimum Gasteiger partial charge on any atom is -0.488 e. The maximum atomic E-state index is 12.3. The van der Waals surface area contributed by atoms with Crippen molar-refractivity contribution in [1.82, 2.24) is 0 Å². The van der Waals surface area contributed by atoms with E-state index in [-0.39, 0.29) is 24.3 Å². The first-order chi connectivity index (χ1) is 11.3. The van der Waals surface area contributed by atoms with Gasteiger partial charge in [-0.1, -0.05) is 18.2 Å². The molecule has 1 aromatic carbocycles. The van der Waals surface area contributed by atoms with Gasteiger partial charge in [-0.2, -0.15) is 0 Å². The van der Waals surface area contributed by atoms with Gasteiger partial charge in [0.25, 0.3) is 0 Å². The van der Waals surface area contributed by atoms with Crippen LogP contribution in [0.25, 0.3) is 0 Å². The molecule has 23 heavy (non-hydrogen) atoms. The first kappa shape index (κ1) is 15.0. The summed E-state index contributed by atoms with van der Waals surface area (Å²) in [6, 6.07) is 7.90. The van der Waals surface area contributed by atoms with Gasteiger partial charge in [0.2, 0.25) is 0 Å². The molecule has 1 aromatic rings. The second-order valence-electron chi connectivity index (χ2n) is 6.41. The molecular formula is C18H22O5. The molecule has 0 aromatic heterocycles. The van der Waals surface area contributed by atoms with Gasteiger partial charge in [0.1, 0.15) is 17.8 Å². The highest BCUT2D eigenvalue weighted by Crippen LogP contribution is 2.64. The lowest BCUT2D eigenvalue weighted by atomic mass is 9.94. The molecule has 2 aliphatic heterocycles. The fourth-order valence-electron chi connectivity index (χ4n) is 3.88. The number of rotatable bonds is 5. The molecule has 5 nitrogen and oxygen atoms in total.